The smallest absolute Gasteiger partial charge is 0.0478 e. The van der Waals surface area contributed by atoms with E-state index in [0.717, 1.165) is 22.0 Å². The van der Waals surface area contributed by atoms with Crippen LogP contribution in [0.1, 0.15) is 30.9 Å². The second-order valence-electron chi connectivity index (χ2n) is 5.15. The quantitative estimate of drug-likeness (QED) is 0.888. The summed E-state index contributed by atoms with van der Waals surface area (Å²) in [6, 6.07) is 6.21. The molecular formula is C14H20BrClN2. The largest absolute Gasteiger partial charge is 0.329 e. The lowest BCUT2D eigenvalue weighted by molar-refractivity contribution is 0.164. The molecule has 4 heteroatoms. The summed E-state index contributed by atoms with van der Waals surface area (Å²) < 4.78 is 1.05. The van der Waals surface area contributed by atoms with Crippen LogP contribution in [0.2, 0.25) is 5.02 Å². The van der Waals surface area contributed by atoms with Crippen molar-refractivity contribution in [2.75, 3.05) is 20.1 Å². The first-order valence-corrected chi connectivity index (χ1v) is 7.64. The number of rotatable bonds is 5. The van der Waals surface area contributed by atoms with Crippen molar-refractivity contribution in [2.45, 2.75) is 25.3 Å². The molecule has 0 amide bonds. The average Bonchev–Trinajstić information content (AvgIpc) is 2.27. The van der Waals surface area contributed by atoms with E-state index in [1.807, 2.05) is 12.1 Å². The first kappa shape index (κ1) is 14.3. The van der Waals surface area contributed by atoms with Crippen LogP contribution >= 0.6 is 27.5 Å². The third kappa shape index (κ3) is 3.27. The Kier molecular flexibility index (Phi) is 5.07. The summed E-state index contributed by atoms with van der Waals surface area (Å²) in [5.41, 5.74) is 7.18. The number of hydrogen-bond donors (Lipinski definition) is 1. The number of hydrogen-bond acceptors (Lipinski definition) is 2. The van der Waals surface area contributed by atoms with Gasteiger partial charge in [-0.2, -0.15) is 0 Å². The fourth-order valence-corrected chi connectivity index (χ4v) is 3.47. The van der Waals surface area contributed by atoms with Crippen LogP contribution < -0.4 is 5.73 Å². The van der Waals surface area contributed by atoms with Crippen LogP contribution in [-0.4, -0.2) is 25.0 Å². The van der Waals surface area contributed by atoms with E-state index in [0.29, 0.717) is 6.54 Å². The Morgan fingerprint density at radius 1 is 1.50 bits per heavy atom. The fourth-order valence-electron chi connectivity index (χ4n) is 2.53. The van der Waals surface area contributed by atoms with Gasteiger partial charge in [0.1, 0.15) is 0 Å². The molecule has 0 bridgehead atoms. The Balaban J connectivity index is 2.10. The topological polar surface area (TPSA) is 29.3 Å². The highest BCUT2D eigenvalue weighted by molar-refractivity contribution is 9.10. The van der Waals surface area contributed by atoms with Crippen LogP contribution in [0.3, 0.4) is 0 Å². The summed E-state index contributed by atoms with van der Waals surface area (Å²) in [7, 11) is 2.16. The van der Waals surface area contributed by atoms with Crippen molar-refractivity contribution in [1.82, 2.24) is 4.90 Å². The van der Waals surface area contributed by atoms with E-state index in [1.54, 1.807) is 0 Å². The fraction of sp³-hybridized carbons (Fsp3) is 0.571. The van der Waals surface area contributed by atoms with Gasteiger partial charge in [-0.1, -0.05) is 40.0 Å². The third-order valence-electron chi connectivity index (χ3n) is 3.85. The molecule has 1 unspecified atom stereocenters. The van der Waals surface area contributed by atoms with Gasteiger partial charge in [0.25, 0.3) is 0 Å². The van der Waals surface area contributed by atoms with Gasteiger partial charge in [0.15, 0.2) is 0 Å². The molecule has 2 nitrogen and oxygen atoms in total. The molecule has 1 aromatic rings. The minimum absolute atomic E-state index is 0.261. The lowest BCUT2D eigenvalue weighted by atomic mass is 9.85. The van der Waals surface area contributed by atoms with Gasteiger partial charge in [-0.3, -0.25) is 4.90 Å². The lowest BCUT2D eigenvalue weighted by Crippen LogP contribution is -2.36. The van der Waals surface area contributed by atoms with Gasteiger partial charge in [0.2, 0.25) is 0 Å². The van der Waals surface area contributed by atoms with Gasteiger partial charge < -0.3 is 5.73 Å². The predicted molar refractivity (Wildman–Crippen MR) is 80.9 cm³/mol. The number of halogens is 2. The van der Waals surface area contributed by atoms with Crippen LogP contribution in [-0.2, 0) is 0 Å². The Labute approximate surface area is 123 Å². The summed E-state index contributed by atoms with van der Waals surface area (Å²) >= 11 is 9.57. The number of benzene rings is 1. The van der Waals surface area contributed by atoms with E-state index in [9.17, 15) is 0 Å². The SMILES string of the molecule is CN(CC1CCC1)C(CN)c1ccc(Cl)cc1Br. The Morgan fingerprint density at radius 3 is 2.72 bits per heavy atom. The highest BCUT2D eigenvalue weighted by Gasteiger charge is 2.24. The van der Waals surface area contributed by atoms with E-state index in [-0.39, 0.29) is 6.04 Å². The van der Waals surface area contributed by atoms with Gasteiger partial charge in [-0.25, -0.2) is 0 Å². The molecule has 1 fully saturated rings. The molecular weight excluding hydrogens is 312 g/mol. The van der Waals surface area contributed by atoms with Gasteiger partial charge >= 0.3 is 0 Å². The molecule has 0 aliphatic heterocycles. The van der Waals surface area contributed by atoms with Gasteiger partial charge in [-0.05, 0) is 43.5 Å². The van der Waals surface area contributed by atoms with E-state index in [2.05, 4.69) is 33.9 Å². The molecule has 100 valence electrons. The molecule has 0 radical (unpaired) electrons. The van der Waals surface area contributed by atoms with E-state index < -0.39 is 0 Å². The van der Waals surface area contributed by atoms with Crippen molar-refractivity contribution < 1.29 is 0 Å². The van der Waals surface area contributed by atoms with Crippen LogP contribution in [0.5, 0.6) is 0 Å². The summed E-state index contributed by atoms with van der Waals surface area (Å²) in [4.78, 5) is 2.37. The molecule has 1 aromatic carbocycles. The van der Waals surface area contributed by atoms with Crippen molar-refractivity contribution in [2.24, 2.45) is 11.7 Å². The van der Waals surface area contributed by atoms with Crippen molar-refractivity contribution in [3.8, 4) is 0 Å². The number of likely N-dealkylation sites (N-methyl/N-ethyl adjacent to an activating group) is 1. The summed E-state index contributed by atoms with van der Waals surface area (Å²) in [6.45, 7) is 1.76. The molecule has 1 atom stereocenters. The summed E-state index contributed by atoms with van der Waals surface area (Å²) in [5.74, 6) is 0.857. The first-order valence-electron chi connectivity index (χ1n) is 6.47. The second-order valence-corrected chi connectivity index (χ2v) is 6.44. The van der Waals surface area contributed by atoms with Gasteiger partial charge in [0, 0.05) is 28.6 Å². The highest BCUT2D eigenvalue weighted by Crippen LogP contribution is 2.32. The van der Waals surface area contributed by atoms with Gasteiger partial charge in [-0.15, -0.1) is 0 Å². The summed E-state index contributed by atoms with van der Waals surface area (Å²) in [5, 5.41) is 0.753. The van der Waals surface area contributed by atoms with E-state index >= 15 is 0 Å². The minimum atomic E-state index is 0.261. The molecule has 0 heterocycles. The molecule has 1 aliphatic carbocycles. The van der Waals surface area contributed by atoms with Crippen molar-refractivity contribution in [3.05, 3.63) is 33.3 Å². The zero-order chi connectivity index (χ0) is 13.1. The zero-order valence-corrected chi connectivity index (χ0v) is 13.0. The Morgan fingerprint density at radius 2 is 2.22 bits per heavy atom. The maximum Gasteiger partial charge on any atom is 0.0478 e. The van der Waals surface area contributed by atoms with Crippen molar-refractivity contribution in [3.63, 3.8) is 0 Å². The maximum atomic E-state index is 5.99. The molecule has 1 saturated carbocycles. The first-order chi connectivity index (χ1) is 8.61. The Hall–Kier alpha value is -0.0900. The van der Waals surface area contributed by atoms with Crippen molar-refractivity contribution >= 4 is 27.5 Å². The number of nitrogens with zero attached hydrogens (tertiary/aromatic N) is 1. The molecule has 0 aromatic heterocycles. The van der Waals surface area contributed by atoms with Crippen LogP contribution in [0.25, 0.3) is 0 Å². The lowest BCUT2D eigenvalue weighted by Gasteiger charge is -2.35. The molecule has 0 saturated heterocycles. The van der Waals surface area contributed by atoms with Crippen LogP contribution in [0.4, 0.5) is 0 Å². The van der Waals surface area contributed by atoms with Crippen LogP contribution in [0, 0.1) is 5.92 Å². The number of nitrogens with two attached hydrogens (primary N) is 1. The van der Waals surface area contributed by atoms with Gasteiger partial charge in [0.05, 0.1) is 0 Å². The predicted octanol–water partition coefficient (Wildman–Crippen LogP) is 3.83. The monoisotopic (exact) mass is 330 g/mol. The Bertz CT molecular complexity index is 407. The highest BCUT2D eigenvalue weighted by atomic mass is 79.9. The average molecular weight is 332 g/mol. The standard InChI is InChI=1S/C14H20BrClN2/c1-18(9-10-3-2-4-10)14(8-17)12-6-5-11(16)7-13(12)15/h5-7,10,14H,2-4,8-9,17H2,1H3. The maximum absolute atomic E-state index is 5.99. The third-order valence-corrected chi connectivity index (χ3v) is 4.77. The second kappa shape index (κ2) is 6.38. The van der Waals surface area contributed by atoms with E-state index in [4.69, 9.17) is 17.3 Å². The molecule has 0 spiro atoms. The molecule has 2 N–H and O–H groups in total. The molecule has 1 aliphatic rings. The van der Waals surface area contributed by atoms with Crippen molar-refractivity contribution in [1.29, 1.82) is 0 Å². The zero-order valence-electron chi connectivity index (χ0n) is 10.7. The van der Waals surface area contributed by atoms with Crippen LogP contribution in [0.15, 0.2) is 22.7 Å². The normalized spacial score (nSPS) is 17.8. The molecule has 2 rings (SSSR count). The summed E-state index contributed by atoms with van der Waals surface area (Å²) in [6.07, 6.45) is 4.11. The van der Waals surface area contributed by atoms with E-state index in [1.165, 1.54) is 24.8 Å². The molecule has 18 heavy (non-hydrogen) atoms. The minimum Gasteiger partial charge on any atom is -0.329 e.